The fourth-order valence-electron chi connectivity index (χ4n) is 2.56. The Labute approximate surface area is 149 Å². The van der Waals surface area contributed by atoms with Gasteiger partial charge in [0.05, 0.1) is 17.2 Å². The van der Waals surface area contributed by atoms with E-state index < -0.39 is 18.2 Å². The Hall–Kier alpha value is -2.90. The van der Waals surface area contributed by atoms with Crippen LogP contribution in [0, 0.1) is 0 Å². The maximum atomic E-state index is 12.4. The highest BCUT2D eigenvalue weighted by Crippen LogP contribution is 2.33. The highest BCUT2D eigenvalue weighted by Gasteiger charge is 2.21. The number of aliphatic hydroxyl groups is 2. The number of fused-ring (bicyclic) bond motifs is 1. The van der Waals surface area contributed by atoms with Crippen LogP contribution in [-0.4, -0.2) is 34.9 Å². The van der Waals surface area contributed by atoms with E-state index in [1.54, 1.807) is 6.07 Å². The Kier molecular flexibility index (Phi) is 4.92. The molecule has 2 atom stereocenters. The normalized spacial score (nSPS) is 14.6. The lowest BCUT2D eigenvalue weighted by molar-refractivity contribution is 0.0304. The standard InChI is InChI=1S/C19H18O7/c1-10(20)14-7-12(18(22)11(2)21)3-5-15(14)26-19(23)13-4-6-16-17(8-13)25-9-24-16/h3-8,11,18,21-22H,9H2,1-2H3/t11-,18-/m0/s1. The van der Waals surface area contributed by atoms with E-state index in [1.807, 2.05) is 0 Å². The van der Waals surface area contributed by atoms with Crippen molar-refractivity contribution < 1.29 is 34.0 Å². The summed E-state index contributed by atoms with van der Waals surface area (Å²) in [7, 11) is 0. The quantitative estimate of drug-likeness (QED) is 0.480. The molecule has 0 saturated carbocycles. The molecule has 2 aromatic carbocycles. The molecule has 7 heteroatoms. The largest absolute Gasteiger partial charge is 0.454 e. The van der Waals surface area contributed by atoms with E-state index in [1.165, 1.54) is 44.2 Å². The second-order valence-corrected chi connectivity index (χ2v) is 5.95. The lowest BCUT2D eigenvalue weighted by Crippen LogP contribution is -2.15. The highest BCUT2D eigenvalue weighted by molar-refractivity contribution is 5.99. The predicted octanol–water partition coefficient (Wildman–Crippen LogP) is 2.25. The first kappa shape index (κ1) is 17.9. The number of aliphatic hydroxyl groups excluding tert-OH is 2. The molecule has 0 bridgehead atoms. The van der Waals surface area contributed by atoms with Crippen molar-refractivity contribution in [2.45, 2.75) is 26.1 Å². The molecule has 0 fully saturated rings. The summed E-state index contributed by atoms with van der Waals surface area (Å²) >= 11 is 0. The van der Waals surface area contributed by atoms with Crippen molar-refractivity contribution in [1.29, 1.82) is 0 Å². The number of carbonyl (C=O) groups is 2. The van der Waals surface area contributed by atoms with Gasteiger partial charge in [0, 0.05) is 0 Å². The van der Waals surface area contributed by atoms with E-state index in [2.05, 4.69) is 0 Å². The zero-order chi connectivity index (χ0) is 18.8. The molecule has 2 aromatic rings. The molecule has 0 saturated heterocycles. The summed E-state index contributed by atoms with van der Waals surface area (Å²) < 4.78 is 15.8. The van der Waals surface area contributed by atoms with Crippen LogP contribution in [0.2, 0.25) is 0 Å². The van der Waals surface area contributed by atoms with Gasteiger partial charge in [0.1, 0.15) is 11.9 Å². The van der Waals surface area contributed by atoms with Crippen LogP contribution < -0.4 is 14.2 Å². The van der Waals surface area contributed by atoms with Crippen molar-refractivity contribution in [3.05, 3.63) is 53.1 Å². The van der Waals surface area contributed by atoms with Gasteiger partial charge < -0.3 is 24.4 Å². The van der Waals surface area contributed by atoms with Gasteiger partial charge in [0.2, 0.25) is 6.79 Å². The first-order chi connectivity index (χ1) is 12.4. The van der Waals surface area contributed by atoms with Gasteiger partial charge in [0.15, 0.2) is 17.3 Å². The summed E-state index contributed by atoms with van der Waals surface area (Å²) in [6, 6.07) is 8.96. The molecule has 1 aliphatic rings. The number of hydrogen-bond donors (Lipinski definition) is 2. The van der Waals surface area contributed by atoms with E-state index in [9.17, 15) is 19.8 Å². The Morgan fingerprint density at radius 1 is 1.08 bits per heavy atom. The summed E-state index contributed by atoms with van der Waals surface area (Å²) in [5.41, 5.74) is 0.737. The van der Waals surface area contributed by atoms with E-state index >= 15 is 0 Å². The molecule has 0 aromatic heterocycles. The maximum Gasteiger partial charge on any atom is 0.343 e. The van der Waals surface area contributed by atoms with Gasteiger partial charge in [-0.2, -0.15) is 0 Å². The summed E-state index contributed by atoms with van der Waals surface area (Å²) in [6.07, 6.45) is -2.15. The second kappa shape index (κ2) is 7.15. The Morgan fingerprint density at radius 2 is 1.81 bits per heavy atom. The first-order valence-electron chi connectivity index (χ1n) is 7.99. The zero-order valence-electron chi connectivity index (χ0n) is 14.3. The van der Waals surface area contributed by atoms with Crippen molar-refractivity contribution >= 4 is 11.8 Å². The number of Topliss-reactive ketones (excluding diaryl/α,β-unsaturated/α-hetero) is 1. The lowest BCUT2D eigenvalue weighted by Gasteiger charge is -2.16. The second-order valence-electron chi connectivity index (χ2n) is 5.95. The lowest BCUT2D eigenvalue weighted by atomic mass is 10.0. The number of esters is 1. The van der Waals surface area contributed by atoms with Crippen LogP contribution in [0.4, 0.5) is 0 Å². The number of hydrogen-bond acceptors (Lipinski definition) is 7. The van der Waals surface area contributed by atoms with Crippen molar-refractivity contribution in [3.8, 4) is 17.2 Å². The van der Waals surface area contributed by atoms with Gasteiger partial charge in [-0.3, -0.25) is 4.79 Å². The van der Waals surface area contributed by atoms with Crippen LogP contribution in [0.5, 0.6) is 17.2 Å². The molecule has 136 valence electrons. The molecule has 0 radical (unpaired) electrons. The Balaban J connectivity index is 1.86. The SMILES string of the molecule is CC(=O)c1cc([C@@H](O)[C@H](C)O)ccc1OC(=O)c1ccc2c(c1)OCO2. The molecule has 26 heavy (non-hydrogen) atoms. The third kappa shape index (κ3) is 3.54. The minimum Gasteiger partial charge on any atom is -0.454 e. The smallest absolute Gasteiger partial charge is 0.343 e. The summed E-state index contributed by atoms with van der Waals surface area (Å²) in [4.78, 5) is 24.3. The van der Waals surface area contributed by atoms with E-state index in [4.69, 9.17) is 14.2 Å². The number of carbonyl (C=O) groups excluding carboxylic acids is 2. The fourth-order valence-corrected chi connectivity index (χ4v) is 2.56. The molecule has 1 heterocycles. The molecule has 0 spiro atoms. The van der Waals surface area contributed by atoms with E-state index in [-0.39, 0.29) is 29.5 Å². The number of ketones is 1. The van der Waals surface area contributed by atoms with Gasteiger partial charge in [-0.15, -0.1) is 0 Å². The number of rotatable bonds is 5. The molecule has 0 unspecified atom stereocenters. The topological polar surface area (TPSA) is 102 Å². The van der Waals surface area contributed by atoms with Crippen molar-refractivity contribution in [3.63, 3.8) is 0 Å². The van der Waals surface area contributed by atoms with Gasteiger partial charge in [0.25, 0.3) is 0 Å². The average Bonchev–Trinajstić information content (AvgIpc) is 3.08. The monoisotopic (exact) mass is 358 g/mol. The molecule has 7 nitrogen and oxygen atoms in total. The Bertz CT molecular complexity index is 857. The van der Waals surface area contributed by atoms with Gasteiger partial charge in [-0.05, 0) is 49.7 Å². The van der Waals surface area contributed by atoms with E-state index in [0.717, 1.165) is 0 Å². The first-order valence-corrected chi connectivity index (χ1v) is 7.99. The summed E-state index contributed by atoms with van der Waals surface area (Å²) in [5, 5.41) is 19.5. The van der Waals surface area contributed by atoms with Gasteiger partial charge >= 0.3 is 5.97 Å². The molecular formula is C19H18O7. The summed E-state index contributed by atoms with van der Waals surface area (Å²) in [5.74, 6) is 0.0681. The van der Waals surface area contributed by atoms with Crippen LogP contribution in [0.25, 0.3) is 0 Å². The molecule has 3 rings (SSSR count). The van der Waals surface area contributed by atoms with E-state index in [0.29, 0.717) is 17.1 Å². The number of benzene rings is 2. The van der Waals surface area contributed by atoms with Crippen LogP contribution in [0.1, 0.15) is 46.2 Å². The van der Waals surface area contributed by atoms with Gasteiger partial charge in [-0.25, -0.2) is 4.79 Å². The molecule has 0 aliphatic carbocycles. The fraction of sp³-hybridized carbons (Fsp3) is 0.263. The maximum absolute atomic E-state index is 12.4. The van der Waals surface area contributed by atoms with Crippen LogP contribution in [0.3, 0.4) is 0 Å². The van der Waals surface area contributed by atoms with Crippen LogP contribution >= 0.6 is 0 Å². The summed E-state index contributed by atoms with van der Waals surface area (Å²) in [6.45, 7) is 2.85. The van der Waals surface area contributed by atoms with Crippen molar-refractivity contribution in [2.75, 3.05) is 6.79 Å². The molecule has 2 N–H and O–H groups in total. The zero-order valence-corrected chi connectivity index (χ0v) is 14.3. The minimum absolute atomic E-state index is 0.0710. The van der Waals surface area contributed by atoms with Gasteiger partial charge in [-0.1, -0.05) is 6.07 Å². The highest BCUT2D eigenvalue weighted by atomic mass is 16.7. The molecular weight excluding hydrogens is 340 g/mol. The molecule has 0 amide bonds. The van der Waals surface area contributed by atoms with Crippen molar-refractivity contribution in [2.24, 2.45) is 0 Å². The Morgan fingerprint density at radius 3 is 2.50 bits per heavy atom. The average molecular weight is 358 g/mol. The van der Waals surface area contributed by atoms with Crippen LogP contribution in [-0.2, 0) is 0 Å². The third-order valence-electron chi connectivity index (χ3n) is 3.99. The van der Waals surface area contributed by atoms with Crippen molar-refractivity contribution in [1.82, 2.24) is 0 Å². The third-order valence-corrected chi connectivity index (χ3v) is 3.99. The minimum atomic E-state index is -1.15. The number of ether oxygens (including phenoxy) is 3. The predicted molar refractivity (Wildman–Crippen MR) is 90.6 cm³/mol. The van der Waals surface area contributed by atoms with Crippen LogP contribution in [0.15, 0.2) is 36.4 Å². The molecule has 1 aliphatic heterocycles.